The van der Waals surface area contributed by atoms with Crippen LogP contribution in [0.25, 0.3) is 0 Å². The van der Waals surface area contributed by atoms with Crippen LogP contribution in [0, 0.1) is 5.92 Å². The molecule has 3 rings (SSSR count). The first-order valence-corrected chi connectivity index (χ1v) is 8.01. The standard InChI is InChI=1S/C18H20N2O4/c21-17(22)14-8-4-10-20(12-14)18(23)19-16(15-9-5-11-24-15)13-6-2-1-3-7-13/h1-3,5-7,9,11,14,16H,4,8,10,12H2,(H,19,23)(H,21,22). The Morgan fingerprint density at radius 2 is 2.00 bits per heavy atom. The van der Waals surface area contributed by atoms with Crippen molar-refractivity contribution >= 4 is 12.0 Å². The number of rotatable bonds is 4. The summed E-state index contributed by atoms with van der Waals surface area (Å²) < 4.78 is 5.47. The maximum Gasteiger partial charge on any atom is 0.318 e. The molecule has 1 fully saturated rings. The fourth-order valence-electron chi connectivity index (χ4n) is 3.00. The number of carboxylic acids is 1. The number of carbonyl (C=O) groups excluding carboxylic acids is 1. The van der Waals surface area contributed by atoms with Crippen molar-refractivity contribution in [2.75, 3.05) is 13.1 Å². The van der Waals surface area contributed by atoms with Crippen molar-refractivity contribution < 1.29 is 19.1 Å². The van der Waals surface area contributed by atoms with Crippen LogP contribution in [0.4, 0.5) is 4.79 Å². The highest BCUT2D eigenvalue weighted by Crippen LogP contribution is 2.24. The molecular weight excluding hydrogens is 308 g/mol. The number of amides is 2. The van der Waals surface area contributed by atoms with Gasteiger partial charge in [-0.25, -0.2) is 4.79 Å². The molecule has 0 saturated carbocycles. The highest BCUT2D eigenvalue weighted by molar-refractivity contribution is 5.77. The van der Waals surface area contributed by atoms with Crippen LogP contribution in [-0.2, 0) is 4.79 Å². The Morgan fingerprint density at radius 3 is 2.67 bits per heavy atom. The van der Waals surface area contributed by atoms with Gasteiger partial charge < -0.3 is 19.7 Å². The largest absolute Gasteiger partial charge is 0.481 e. The molecule has 1 saturated heterocycles. The van der Waals surface area contributed by atoms with Crippen molar-refractivity contribution in [2.24, 2.45) is 5.92 Å². The number of hydrogen-bond donors (Lipinski definition) is 2. The van der Waals surface area contributed by atoms with E-state index in [-0.39, 0.29) is 12.6 Å². The summed E-state index contributed by atoms with van der Waals surface area (Å²) in [5.74, 6) is -0.706. The van der Waals surface area contributed by atoms with Gasteiger partial charge in [-0.1, -0.05) is 30.3 Å². The quantitative estimate of drug-likeness (QED) is 0.904. The molecule has 2 unspecified atom stereocenters. The van der Waals surface area contributed by atoms with Crippen molar-refractivity contribution in [3.63, 3.8) is 0 Å². The minimum atomic E-state index is -0.849. The molecule has 1 aliphatic rings. The van der Waals surface area contributed by atoms with Gasteiger partial charge in [0.2, 0.25) is 0 Å². The number of carbonyl (C=O) groups is 2. The smallest absolute Gasteiger partial charge is 0.318 e. The molecule has 0 bridgehead atoms. The van der Waals surface area contributed by atoms with Crippen molar-refractivity contribution in [1.29, 1.82) is 0 Å². The van der Waals surface area contributed by atoms with Gasteiger partial charge in [0, 0.05) is 13.1 Å². The highest BCUT2D eigenvalue weighted by atomic mass is 16.4. The number of likely N-dealkylation sites (tertiary alicyclic amines) is 1. The second-order valence-electron chi connectivity index (χ2n) is 5.93. The van der Waals surface area contributed by atoms with E-state index in [1.165, 1.54) is 0 Å². The summed E-state index contributed by atoms with van der Waals surface area (Å²) in [4.78, 5) is 25.4. The molecule has 1 aliphatic heterocycles. The Bertz CT molecular complexity index is 684. The van der Waals surface area contributed by atoms with E-state index in [0.717, 1.165) is 5.56 Å². The van der Waals surface area contributed by atoms with Gasteiger partial charge in [-0.05, 0) is 30.5 Å². The second-order valence-corrected chi connectivity index (χ2v) is 5.93. The Kier molecular flexibility index (Phi) is 4.84. The summed E-state index contributed by atoms with van der Waals surface area (Å²) in [6, 6.07) is 12.5. The van der Waals surface area contributed by atoms with Crippen LogP contribution in [0.5, 0.6) is 0 Å². The Morgan fingerprint density at radius 1 is 1.21 bits per heavy atom. The van der Waals surface area contributed by atoms with Gasteiger partial charge in [0.1, 0.15) is 11.8 Å². The molecule has 1 aromatic heterocycles. The number of aliphatic carboxylic acids is 1. The summed E-state index contributed by atoms with van der Waals surface area (Å²) in [6.07, 6.45) is 2.87. The zero-order valence-electron chi connectivity index (χ0n) is 13.2. The number of furan rings is 1. The molecule has 2 N–H and O–H groups in total. The SMILES string of the molecule is O=C(O)C1CCCN(C(=O)NC(c2ccccc2)c2ccco2)C1. The van der Waals surface area contributed by atoms with Crippen molar-refractivity contribution in [1.82, 2.24) is 10.2 Å². The summed E-state index contributed by atoms with van der Waals surface area (Å²) in [7, 11) is 0. The van der Waals surface area contributed by atoms with Gasteiger partial charge in [0.05, 0.1) is 12.2 Å². The van der Waals surface area contributed by atoms with Crippen LogP contribution in [0.3, 0.4) is 0 Å². The molecule has 2 heterocycles. The van der Waals surface area contributed by atoms with Gasteiger partial charge in [-0.15, -0.1) is 0 Å². The Labute approximate surface area is 140 Å². The minimum Gasteiger partial charge on any atom is -0.481 e. The zero-order valence-corrected chi connectivity index (χ0v) is 13.2. The number of benzene rings is 1. The van der Waals surface area contributed by atoms with Crippen molar-refractivity contribution in [3.05, 3.63) is 60.1 Å². The third kappa shape index (κ3) is 3.59. The summed E-state index contributed by atoms with van der Waals surface area (Å²) in [6.45, 7) is 0.802. The maximum absolute atomic E-state index is 12.6. The average Bonchev–Trinajstić information content (AvgIpc) is 3.14. The minimum absolute atomic E-state index is 0.237. The van der Waals surface area contributed by atoms with Crippen LogP contribution in [0.1, 0.15) is 30.2 Å². The molecule has 0 aliphatic carbocycles. The van der Waals surface area contributed by atoms with E-state index in [0.29, 0.717) is 25.1 Å². The van der Waals surface area contributed by atoms with E-state index >= 15 is 0 Å². The number of piperidine rings is 1. The molecule has 24 heavy (non-hydrogen) atoms. The number of nitrogens with one attached hydrogen (secondary N) is 1. The average molecular weight is 328 g/mol. The van der Waals surface area contributed by atoms with E-state index in [1.54, 1.807) is 17.2 Å². The molecule has 1 aromatic carbocycles. The van der Waals surface area contributed by atoms with Crippen LogP contribution in [0.15, 0.2) is 53.1 Å². The normalized spacial score (nSPS) is 18.8. The summed E-state index contributed by atoms with van der Waals surface area (Å²) in [5.41, 5.74) is 0.910. The first kappa shape index (κ1) is 16.1. The Balaban J connectivity index is 1.75. The van der Waals surface area contributed by atoms with Crippen LogP contribution in [-0.4, -0.2) is 35.1 Å². The van der Waals surface area contributed by atoms with Gasteiger partial charge in [-0.2, -0.15) is 0 Å². The molecule has 126 valence electrons. The lowest BCUT2D eigenvalue weighted by Crippen LogP contribution is -2.48. The number of hydrogen-bond acceptors (Lipinski definition) is 3. The lowest BCUT2D eigenvalue weighted by atomic mass is 9.98. The van der Waals surface area contributed by atoms with Crippen molar-refractivity contribution in [2.45, 2.75) is 18.9 Å². The van der Waals surface area contributed by atoms with E-state index in [4.69, 9.17) is 4.42 Å². The van der Waals surface area contributed by atoms with E-state index in [2.05, 4.69) is 5.32 Å². The maximum atomic E-state index is 12.6. The fraction of sp³-hybridized carbons (Fsp3) is 0.333. The van der Waals surface area contributed by atoms with E-state index in [1.807, 2.05) is 36.4 Å². The van der Waals surface area contributed by atoms with Gasteiger partial charge in [0.25, 0.3) is 0 Å². The van der Waals surface area contributed by atoms with Gasteiger partial charge in [-0.3, -0.25) is 4.79 Å². The third-order valence-corrected chi connectivity index (χ3v) is 4.29. The number of urea groups is 1. The molecule has 2 aromatic rings. The van der Waals surface area contributed by atoms with E-state index < -0.39 is 17.9 Å². The van der Waals surface area contributed by atoms with Crippen LogP contribution in [0.2, 0.25) is 0 Å². The fourth-order valence-corrected chi connectivity index (χ4v) is 3.00. The molecule has 2 amide bonds. The van der Waals surface area contributed by atoms with Gasteiger partial charge in [0.15, 0.2) is 0 Å². The highest BCUT2D eigenvalue weighted by Gasteiger charge is 2.30. The molecule has 6 heteroatoms. The molecular formula is C18H20N2O4. The van der Waals surface area contributed by atoms with Crippen molar-refractivity contribution in [3.8, 4) is 0 Å². The molecule has 0 spiro atoms. The summed E-state index contributed by atoms with van der Waals surface area (Å²) >= 11 is 0. The predicted molar refractivity (Wildman–Crippen MR) is 87.5 cm³/mol. The Hall–Kier alpha value is -2.76. The van der Waals surface area contributed by atoms with Gasteiger partial charge >= 0.3 is 12.0 Å². The molecule has 6 nitrogen and oxygen atoms in total. The number of nitrogens with zero attached hydrogens (tertiary/aromatic N) is 1. The molecule has 2 atom stereocenters. The van der Waals surface area contributed by atoms with Crippen LogP contribution < -0.4 is 5.32 Å². The lowest BCUT2D eigenvalue weighted by molar-refractivity contribution is -0.143. The second kappa shape index (κ2) is 7.21. The molecule has 0 radical (unpaired) electrons. The summed E-state index contributed by atoms with van der Waals surface area (Å²) in [5, 5.41) is 12.1. The van der Waals surface area contributed by atoms with E-state index in [9.17, 15) is 14.7 Å². The monoisotopic (exact) mass is 328 g/mol. The third-order valence-electron chi connectivity index (χ3n) is 4.29. The predicted octanol–water partition coefficient (Wildman–Crippen LogP) is 2.88. The lowest BCUT2D eigenvalue weighted by Gasteiger charge is -2.32. The topological polar surface area (TPSA) is 82.8 Å². The first-order valence-electron chi connectivity index (χ1n) is 8.01. The number of carboxylic acid groups (broad SMARTS) is 1. The van der Waals surface area contributed by atoms with Crippen LogP contribution >= 0.6 is 0 Å². The zero-order chi connectivity index (χ0) is 16.9. The first-order chi connectivity index (χ1) is 11.6.